The number of aromatic nitrogens is 2. The molecule has 0 bridgehead atoms. The number of nitrogen functional groups attached to an aromatic ring is 1. The molecule has 0 unspecified atom stereocenters. The maximum absolute atomic E-state index is 5.51. The maximum atomic E-state index is 5.51. The second kappa shape index (κ2) is 4.37. The number of hydrogen-bond acceptors (Lipinski definition) is 4. The summed E-state index contributed by atoms with van der Waals surface area (Å²) >= 11 is 0. The molecule has 0 saturated carbocycles. The van der Waals surface area contributed by atoms with Gasteiger partial charge in [0.2, 0.25) is 0 Å². The molecule has 0 radical (unpaired) electrons. The molecule has 0 aromatic carbocycles. The Morgan fingerprint density at radius 3 is 2.57 bits per heavy atom. The summed E-state index contributed by atoms with van der Waals surface area (Å²) in [5, 5.41) is 0. The van der Waals surface area contributed by atoms with E-state index in [0.717, 1.165) is 38.3 Å². The van der Waals surface area contributed by atoms with Gasteiger partial charge in [-0.3, -0.25) is 0 Å². The lowest BCUT2D eigenvalue weighted by Crippen LogP contribution is -2.18. The number of nitrogens with two attached hydrogens (primary N) is 1. The van der Waals surface area contributed by atoms with Gasteiger partial charge in [-0.2, -0.15) is 0 Å². The summed E-state index contributed by atoms with van der Waals surface area (Å²) in [6.45, 7) is 1.75. The minimum Gasteiger partial charge on any atom is -0.396 e. The molecule has 14 heavy (non-hydrogen) atoms. The molecular formula is C10H15N3O. The first-order chi connectivity index (χ1) is 6.84. The molecule has 0 aliphatic carbocycles. The zero-order chi connectivity index (χ0) is 9.80. The quantitative estimate of drug-likeness (QED) is 0.762. The molecule has 1 fully saturated rings. The van der Waals surface area contributed by atoms with Crippen LogP contribution in [0.25, 0.3) is 0 Å². The zero-order valence-corrected chi connectivity index (χ0v) is 8.15. The molecule has 0 atom stereocenters. The van der Waals surface area contributed by atoms with Crippen molar-refractivity contribution >= 4 is 5.69 Å². The molecule has 1 saturated heterocycles. The van der Waals surface area contributed by atoms with E-state index in [1.807, 2.05) is 0 Å². The second-order valence-electron chi connectivity index (χ2n) is 3.69. The van der Waals surface area contributed by atoms with Crippen LogP contribution in [-0.4, -0.2) is 23.2 Å². The van der Waals surface area contributed by atoms with E-state index in [-0.39, 0.29) is 0 Å². The van der Waals surface area contributed by atoms with Crippen LogP contribution < -0.4 is 5.73 Å². The third kappa shape index (κ3) is 2.42. The van der Waals surface area contributed by atoms with Crippen molar-refractivity contribution in [1.29, 1.82) is 0 Å². The summed E-state index contributed by atoms with van der Waals surface area (Å²) < 4.78 is 5.30. The van der Waals surface area contributed by atoms with E-state index in [0.29, 0.717) is 11.6 Å². The van der Waals surface area contributed by atoms with Crippen molar-refractivity contribution in [2.75, 3.05) is 18.9 Å². The molecule has 2 N–H and O–H groups in total. The predicted octanol–water partition coefficient (Wildman–Crippen LogP) is 1.03. The third-order valence-electron chi connectivity index (χ3n) is 2.54. The lowest BCUT2D eigenvalue weighted by atomic mass is 9.96. The molecule has 1 aromatic rings. The van der Waals surface area contributed by atoms with Gasteiger partial charge in [0.15, 0.2) is 0 Å². The van der Waals surface area contributed by atoms with Gasteiger partial charge in [-0.25, -0.2) is 9.97 Å². The number of nitrogens with zero attached hydrogens (tertiary/aromatic N) is 2. The zero-order valence-electron chi connectivity index (χ0n) is 8.15. The van der Waals surface area contributed by atoms with Crippen molar-refractivity contribution < 1.29 is 4.74 Å². The summed E-state index contributed by atoms with van der Waals surface area (Å²) in [5.41, 5.74) is 6.14. The maximum Gasteiger partial charge on any atom is 0.128 e. The highest BCUT2D eigenvalue weighted by Crippen LogP contribution is 2.18. The summed E-state index contributed by atoms with van der Waals surface area (Å²) in [4.78, 5) is 8.39. The molecule has 1 aromatic heterocycles. The fourth-order valence-electron chi connectivity index (χ4n) is 1.68. The molecule has 1 aliphatic rings. The van der Waals surface area contributed by atoms with Crippen molar-refractivity contribution in [3.05, 3.63) is 18.2 Å². The normalized spacial score (nSPS) is 18.3. The SMILES string of the molecule is Nc1cnc(CC2CCOCC2)nc1. The number of hydrogen-bond donors (Lipinski definition) is 1. The molecule has 0 spiro atoms. The van der Waals surface area contributed by atoms with Gasteiger partial charge in [0, 0.05) is 19.6 Å². The van der Waals surface area contributed by atoms with E-state index in [1.54, 1.807) is 12.4 Å². The Bertz CT molecular complexity index is 280. The van der Waals surface area contributed by atoms with Crippen LogP contribution in [-0.2, 0) is 11.2 Å². The van der Waals surface area contributed by atoms with Gasteiger partial charge < -0.3 is 10.5 Å². The lowest BCUT2D eigenvalue weighted by molar-refractivity contribution is 0.0660. The van der Waals surface area contributed by atoms with Crippen molar-refractivity contribution in [2.45, 2.75) is 19.3 Å². The van der Waals surface area contributed by atoms with E-state index < -0.39 is 0 Å². The molecule has 2 rings (SSSR count). The average Bonchev–Trinajstić information content (AvgIpc) is 2.23. The Hall–Kier alpha value is -1.16. The van der Waals surface area contributed by atoms with Gasteiger partial charge in [0.05, 0.1) is 18.1 Å². The predicted molar refractivity (Wildman–Crippen MR) is 53.7 cm³/mol. The summed E-state index contributed by atoms with van der Waals surface area (Å²) in [5.74, 6) is 1.57. The van der Waals surface area contributed by atoms with Crippen LogP contribution in [0.2, 0.25) is 0 Å². The number of rotatable bonds is 2. The van der Waals surface area contributed by atoms with Gasteiger partial charge >= 0.3 is 0 Å². The fraction of sp³-hybridized carbons (Fsp3) is 0.600. The molecular weight excluding hydrogens is 178 g/mol. The highest BCUT2D eigenvalue weighted by Gasteiger charge is 2.15. The van der Waals surface area contributed by atoms with Crippen LogP contribution >= 0.6 is 0 Å². The van der Waals surface area contributed by atoms with E-state index in [4.69, 9.17) is 10.5 Å². The van der Waals surface area contributed by atoms with Crippen molar-refractivity contribution in [3.8, 4) is 0 Å². The first-order valence-electron chi connectivity index (χ1n) is 4.99. The Morgan fingerprint density at radius 1 is 1.29 bits per heavy atom. The molecule has 2 heterocycles. The van der Waals surface area contributed by atoms with E-state index >= 15 is 0 Å². The third-order valence-corrected chi connectivity index (χ3v) is 2.54. The first kappa shape index (κ1) is 9.40. The highest BCUT2D eigenvalue weighted by atomic mass is 16.5. The Kier molecular flexibility index (Phi) is 2.93. The van der Waals surface area contributed by atoms with Crippen LogP contribution in [0.15, 0.2) is 12.4 Å². The van der Waals surface area contributed by atoms with Gasteiger partial charge in [0.25, 0.3) is 0 Å². The minimum atomic E-state index is 0.626. The summed E-state index contributed by atoms with van der Waals surface area (Å²) in [6, 6.07) is 0. The number of anilines is 1. The van der Waals surface area contributed by atoms with E-state index in [1.165, 1.54) is 0 Å². The van der Waals surface area contributed by atoms with Gasteiger partial charge in [-0.15, -0.1) is 0 Å². The topological polar surface area (TPSA) is 61.0 Å². The van der Waals surface area contributed by atoms with E-state index in [2.05, 4.69) is 9.97 Å². The average molecular weight is 193 g/mol. The van der Waals surface area contributed by atoms with Crippen LogP contribution in [0.3, 0.4) is 0 Å². The van der Waals surface area contributed by atoms with Gasteiger partial charge in [-0.1, -0.05) is 0 Å². The van der Waals surface area contributed by atoms with Crippen LogP contribution in [0, 0.1) is 5.92 Å². The van der Waals surface area contributed by atoms with Gasteiger partial charge in [0.1, 0.15) is 5.82 Å². The largest absolute Gasteiger partial charge is 0.396 e. The standard InChI is InChI=1S/C10H15N3O/c11-9-6-12-10(13-7-9)5-8-1-3-14-4-2-8/h6-8H,1-5,11H2. The second-order valence-corrected chi connectivity index (χ2v) is 3.69. The fourth-order valence-corrected chi connectivity index (χ4v) is 1.68. The van der Waals surface area contributed by atoms with Crippen LogP contribution in [0.4, 0.5) is 5.69 Å². The van der Waals surface area contributed by atoms with Crippen molar-refractivity contribution in [2.24, 2.45) is 5.92 Å². The van der Waals surface area contributed by atoms with E-state index in [9.17, 15) is 0 Å². The Labute approximate surface area is 83.5 Å². The molecule has 4 heteroatoms. The highest BCUT2D eigenvalue weighted by molar-refractivity contribution is 5.30. The van der Waals surface area contributed by atoms with Crippen LogP contribution in [0.5, 0.6) is 0 Å². The van der Waals surface area contributed by atoms with Gasteiger partial charge in [-0.05, 0) is 18.8 Å². The minimum absolute atomic E-state index is 0.626. The molecule has 4 nitrogen and oxygen atoms in total. The first-order valence-corrected chi connectivity index (χ1v) is 4.99. The number of ether oxygens (including phenoxy) is 1. The lowest BCUT2D eigenvalue weighted by Gasteiger charge is -2.20. The molecule has 0 amide bonds. The van der Waals surface area contributed by atoms with Crippen molar-refractivity contribution in [1.82, 2.24) is 9.97 Å². The smallest absolute Gasteiger partial charge is 0.128 e. The molecule has 76 valence electrons. The molecule has 1 aliphatic heterocycles. The Balaban J connectivity index is 1.92. The van der Waals surface area contributed by atoms with Crippen LogP contribution in [0.1, 0.15) is 18.7 Å². The monoisotopic (exact) mass is 193 g/mol. The summed E-state index contributed by atoms with van der Waals surface area (Å²) in [6.07, 6.45) is 6.52. The van der Waals surface area contributed by atoms with Crippen molar-refractivity contribution in [3.63, 3.8) is 0 Å². The Morgan fingerprint density at radius 2 is 1.93 bits per heavy atom. The summed E-state index contributed by atoms with van der Waals surface area (Å²) in [7, 11) is 0.